The standard InChI is InChI=1S/C23H18NO/c1-15-11-13-18-17-8-4-6-10-21(17)25-23(18)22(15)20-14-12-16-7-3-5-9-19(16)24(20)2/h3-14H,1-2H3/q+1. The maximum atomic E-state index is 6.27. The molecule has 0 aliphatic carbocycles. The maximum Gasteiger partial charge on any atom is 0.216 e. The minimum Gasteiger partial charge on any atom is -0.455 e. The smallest absolute Gasteiger partial charge is 0.216 e. The second-order valence-electron chi connectivity index (χ2n) is 6.57. The van der Waals surface area contributed by atoms with Gasteiger partial charge in [0.2, 0.25) is 11.2 Å². The van der Waals surface area contributed by atoms with E-state index in [2.05, 4.69) is 79.2 Å². The fourth-order valence-corrected chi connectivity index (χ4v) is 3.80. The molecule has 0 N–H and O–H groups in total. The van der Waals surface area contributed by atoms with Crippen LogP contribution in [0.4, 0.5) is 0 Å². The molecule has 3 aromatic carbocycles. The second-order valence-corrected chi connectivity index (χ2v) is 6.57. The lowest BCUT2D eigenvalue weighted by Crippen LogP contribution is -2.32. The van der Waals surface area contributed by atoms with Crippen molar-refractivity contribution in [1.29, 1.82) is 0 Å². The van der Waals surface area contributed by atoms with Crippen LogP contribution in [0.5, 0.6) is 0 Å². The molecule has 0 saturated carbocycles. The summed E-state index contributed by atoms with van der Waals surface area (Å²) in [5.41, 5.74) is 6.67. The quantitative estimate of drug-likeness (QED) is 0.370. The number of pyridine rings is 1. The Hall–Kier alpha value is -3.13. The van der Waals surface area contributed by atoms with E-state index in [4.69, 9.17) is 4.42 Å². The minimum absolute atomic E-state index is 0.938. The number of para-hydroxylation sites is 2. The van der Waals surface area contributed by atoms with Gasteiger partial charge >= 0.3 is 0 Å². The number of fused-ring (bicyclic) bond motifs is 4. The first-order valence-corrected chi connectivity index (χ1v) is 8.53. The van der Waals surface area contributed by atoms with Crippen molar-refractivity contribution in [1.82, 2.24) is 0 Å². The van der Waals surface area contributed by atoms with Crippen molar-refractivity contribution in [2.24, 2.45) is 7.05 Å². The van der Waals surface area contributed by atoms with Crippen LogP contribution in [0.15, 0.2) is 77.2 Å². The first kappa shape index (κ1) is 14.2. The summed E-state index contributed by atoms with van der Waals surface area (Å²) in [5, 5.41) is 3.58. The lowest BCUT2D eigenvalue weighted by atomic mass is 10.00. The van der Waals surface area contributed by atoms with Gasteiger partial charge in [-0.2, -0.15) is 4.57 Å². The van der Waals surface area contributed by atoms with Crippen molar-refractivity contribution in [3.8, 4) is 11.3 Å². The fraction of sp³-hybridized carbons (Fsp3) is 0.0870. The molecule has 0 saturated heterocycles. The molecule has 0 atom stereocenters. The highest BCUT2D eigenvalue weighted by Crippen LogP contribution is 2.36. The molecule has 2 aromatic heterocycles. The van der Waals surface area contributed by atoms with E-state index >= 15 is 0 Å². The Bertz CT molecular complexity index is 1260. The molecule has 0 unspecified atom stereocenters. The fourth-order valence-electron chi connectivity index (χ4n) is 3.80. The van der Waals surface area contributed by atoms with Gasteiger partial charge in [0.25, 0.3) is 0 Å². The highest BCUT2D eigenvalue weighted by Gasteiger charge is 2.21. The van der Waals surface area contributed by atoms with Crippen LogP contribution in [0.1, 0.15) is 5.56 Å². The predicted molar refractivity (Wildman–Crippen MR) is 103 cm³/mol. The van der Waals surface area contributed by atoms with Crippen LogP contribution in [-0.2, 0) is 7.05 Å². The highest BCUT2D eigenvalue weighted by atomic mass is 16.3. The Morgan fingerprint density at radius 3 is 2.48 bits per heavy atom. The van der Waals surface area contributed by atoms with E-state index in [0.29, 0.717) is 0 Å². The predicted octanol–water partition coefficient (Wildman–Crippen LogP) is 5.54. The van der Waals surface area contributed by atoms with Crippen molar-refractivity contribution in [2.75, 3.05) is 0 Å². The number of furan rings is 1. The molecule has 0 radical (unpaired) electrons. The summed E-state index contributed by atoms with van der Waals surface area (Å²) in [6.07, 6.45) is 0. The Kier molecular flexibility index (Phi) is 2.95. The summed E-state index contributed by atoms with van der Waals surface area (Å²) in [5.74, 6) is 0. The van der Waals surface area contributed by atoms with Gasteiger partial charge in [-0.25, -0.2) is 0 Å². The zero-order valence-corrected chi connectivity index (χ0v) is 14.3. The van der Waals surface area contributed by atoms with Gasteiger partial charge in [-0.05, 0) is 30.7 Å². The monoisotopic (exact) mass is 324 g/mol. The summed E-state index contributed by atoms with van der Waals surface area (Å²) in [6, 6.07) is 25.4. The highest BCUT2D eigenvalue weighted by molar-refractivity contribution is 6.09. The van der Waals surface area contributed by atoms with E-state index in [0.717, 1.165) is 11.2 Å². The number of aryl methyl sites for hydroxylation is 2. The van der Waals surface area contributed by atoms with Gasteiger partial charge in [0.1, 0.15) is 18.2 Å². The Morgan fingerprint density at radius 2 is 1.56 bits per heavy atom. The summed E-state index contributed by atoms with van der Waals surface area (Å²) < 4.78 is 8.53. The number of nitrogens with zero attached hydrogens (tertiary/aromatic N) is 1. The van der Waals surface area contributed by atoms with Gasteiger partial charge in [0.05, 0.1) is 5.56 Å². The first-order chi connectivity index (χ1) is 12.2. The van der Waals surface area contributed by atoms with Gasteiger partial charge in [-0.3, -0.25) is 0 Å². The van der Waals surface area contributed by atoms with Crippen LogP contribution in [0.3, 0.4) is 0 Å². The molecule has 5 aromatic rings. The van der Waals surface area contributed by atoms with E-state index < -0.39 is 0 Å². The van der Waals surface area contributed by atoms with E-state index in [9.17, 15) is 0 Å². The van der Waals surface area contributed by atoms with Crippen LogP contribution < -0.4 is 4.57 Å². The molecule has 25 heavy (non-hydrogen) atoms. The van der Waals surface area contributed by atoms with Gasteiger partial charge in [0.15, 0.2) is 0 Å². The lowest BCUT2D eigenvalue weighted by Gasteiger charge is -2.07. The number of benzene rings is 3. The Balaban J connectivity index is 1.92. The third-order valence-corrected chi connectivity index (χ3v) is 5.09. The van der Waals surface area contributed by atoms with Crippen molar-refractivity contribution >= 4 is 32.8 Å². The van der Waals surface area contributed by atoms with Crippen molar-refractivity contribution in [3.63, 3.8) is 0 Å². The lowest BCUT2D eigenvalue weighted by molar-refractivity contribution is -0.633. The number of hydrogen-bond acceptors (Lipinski definition) is 1. The average molecular weight is 324 g/mol. The SMILES string of the molecule is Cc1ccc2c(oc3ccccc32)c1-c1ccc2ccccc2[n+]1C. The van der Waals surface area contributed by atoms with Crippen LogP contribution in [-0.4, -0.2) is 0 Å². The molecular weight excluding hydrogens is 306 g/mol. The molecule has 120 valence electrons. The number of hydrogen-bond donors (Lipinski definition) is 0. The molecule has 5 rings (SSSR count). The molecule has 0 fully saturated rings. The molecule has 0 amide bonds. The van der Waals surface area contributed by atoms with E-state index in [-0.39, 0.29) is 0 Å². The molecule has 0 spiro atoms. The largest absolute Gasteiger partial charge is 0.455 e. The van der Waals surface area contributed by atoms with E-state index in [1.54, 1.807) is 0 Å². The number of rotatable bonds is 1. The summed E-state index contributed by atoms with van der Waals surface area (Å²) >= 11 is 0. The van der Waals surface area contributed by atoms with Crippen LogP contribution in [0, 0.1) is 6.92 Å². The van der Waals surface area contributed by atoms with Gasteiger partial charge in [-0.1, -0.05) is 42.5 Å². The van der Waals surface area contributed by atoms with Gasteiger partial charge in [-0.15, -0.1) is 0 Å². The van der Waals surface area contributed by atoms with Gasteiger partial charge < -0.3 is 4.42 Å². The van der Waals surface area contributed by atoms with Crippen LogP contribution >= 0.6 is 0 Å². The van der Waals surface area contributed by atoms with Crippen molar-refractivity contribution < 1.29 is 8.98 Å². The second kappa shape index (κ2) is 5.18. The van der Waals surface area contributed by atoms with E-state index in [1.165, 1.54) is 38.5 Å². The topological polar surface area (TPSA) is 17.0 Å². The van der Waals surface area contributed by atoms with Crippen molar-refractivity contribution in [2.45, 2.75) is 6.92 Å². The molecule has 0 aliphatic heterocycles. The molecule has 2 heteroatoms. The summed E-state index contributed by atoms with van der Waals surface area (Å²) in [4.78, 5) is 0. The van der Waals surface area contributed by atoms with E-state index in [1.807, 2.05) is 12.1 Å². The van der Waals surface area contributed by atoms with Crippen LogP contribution in [0.25, 0.3) is 44.1 Å². The zero-order valence-electron chi connectivity index (χ0n) is 14.3. The van der Waals surface area contributed by atoms with Gasteiger partial charge in [0, 0.05) is 28.3 Å². The Labute approximate surface area is 145 Å². The molecule has 2 nitrogen and oxygen atoms in total. The molecule has 0 bridgehead atoms. The third kappa shape index (κ3) is 2.01. The summed E-state index contributed by atoms with van der Waals surface area (Å²) in [7, 11) is 2.12. The summed E-state index contributed by atoms with van der Waals surface area (Å²) in [6.45, 7) is 2.15. The maximum absolute atomic E-state index is 6.27. The number of aromatic nitrogens is 1. The zero-order chi connectivity index (χ0) is 17.0. The molecule has 0 aliphatic rings. The minimum atomic E-state index is 0.938. The van der Waals surface area contributed by atoms with Crippen LogP contribution in [0.2, 0.25) is 0 Å². The first-order valence-electron chi connectivity index (χ1n) is 8.53. The Morgan fingerprint density at radius 1 is 0.760 bits per heavy atom. The normalized spacial score (nSPS) is 11.6. The molecular formula is C23H18NO+. The third-order valence-electron chi connectivity index (χ3n) is 5.09. The van der Waals surface area contributed by atoms with Crippen molar-refractivity contribution in [3.05, 3.63) is 78.4 Å². The average Bonchev–Trinajstić information content (AvgIpc) is 3.01. The molecule has 2 heterocycles.